The number of nitrogens with zero attached hydrogens (tertiary/aromatic N) is 1. The molecule has 0 bridgehead atoms. The molecule has 1 saturated heterocycles. The van der Waals surface area contributed by atoms with Gasteiger partial charge in [0.1, 0.15) is 18.3 Å². The van der Waals surface area contributed by atoms with Crippen LogP contribution in [0.1, 0.15) is 41.5 Å². The Morgan fingerprint density at radius 3 is 2.24 bits per heavy atom. The zero-order chi connectivity index (χ0) is 13.4. The van der Waals surface area contributed by atoms with Crippen molar-refractivity contribution in [1.82, 2.24) is 10.2 Å². The largest absolute Gasteiger partial charge is 0.444 e. The first kappa shape index (κ1) is 13.8. The zero-order valence-corrected chi connectivity index (χ0v) is 11.5. The SMILES string of the molecule is CC(C)(C)OC(=O)N1CC(=O)N[C@@H]1C(C)(C)C. The van der Waals surface area contributed by atoms with Crippen molar-refractivity contribution in [3.8, 4) is 0 Å². The van der Waals surface area contributed by atoms with Crippen LogP contribution in [0.3, 0.4) is 0 Å². The second kappa shape index (κ2) is 4.20. The van der Waals surface area contributed by atoms with Crippen molar-refractivity contribution in [2.24, 2.45) is 5.41 Å². The zero-order valence-electron chi connectivity index (χ0n) is 11.5. The van der Waals surface area contributed by atoms with Crippen LogP contribution >= 0.6 is 0 Å². The summed E-state index contributed by atoms with van der Waals surface area (Å²) in [5.41, 5.74) is -0.770. The molecule has 1 aliphatic rings. The van der Waals surface area contributed by atoms with Gasteiger partial charge in [0, 0.05) is 5.41 Å². The van der Waals surface area contributed by atoms with Gasteiger partial charge in [0.25, 0.3) is 0 Å². The summed E-state index contributed by atoms with van der Waals surface area (Å²) in [6.45, 7) is 11.4. The lowest BCUT2D eigenvalue weighted by Crippen LogP contribution is -2.49. The van der Waals surface area contributed by atoms with E-state index in [2.05, 4.69) is 5.32 Å². The molecule has 0 aromatic heterocycles. The summed E-state index contributed by atoms with van der Waals surface area (Å²) in [6.07, 6.45) is -0.763. The lowest BCUT2D eigenvalue weighted by molar-refractivity contribution is -0.118. The Morgan fingerprint density at radius 1 is 1.29 bits per heavy atom. The van der Waals surface area contributed by atoms with Gasteiger partial charge >= 0.3 is 6.09 Å². The number of hydrogen-bond acceptors (Lipinski definition) is 3. The van der Waals surface area contributed by atoms with Gasteiger partial charge in [-0.3, -0.25) is 9.69 Å². The summed E-state index contributed by atoms with van der Waals surface area (Å²) >= 11 is 0. The molecule has 17 heavy (non-hydrogen) atoms. The molecule has 1 aliphatic heterocycles. The van der Waals surface area contributed by atoms with Crippen LogP contribution in [0.25, 0.3) is 0 Å². The van der Waals surface area contributed by atoms with Crippen molar-refractivity contribution >= 4 is 12.0 Å². The first-order chi connectivity index (χ1) is 7.50. The molecule has 98 valence electrons. The standard InChI is InChI=1S/C12H22N2O3/c1-11(2,3)9-13-8(15)7-14(9)10(16)17-12(4,5)6/h9H,7H2,1-6H3,(H,13,15)/t9-/m0/s1. The third kappa shape index (κ3) is 3.61. The van der Waals surface area contributed by atoms with E-state index in [1.54, 1.807) is 0 Å². The first-order valence-corrected chi connectivity index (χ1v) is 5.80. The predicted molar refractivity (Wildman–Crippen MR) is 64.3 cm³/mol. The van der Waals surface area contributed by atoms with Crippen molar-refractivity contribution < 1.29 is 14.3 Å². The summed E-state index contributed by atoms with van der Waals surface area (Å²) in [5.74, 6) is -0.143. The molecule has 0 radical (unpaired) electrons. The third-order valence-corrected chi connectivity index (χ3v) is 2.37. The van der Waals surface area contributed by atoms with Crippen LogP contribution in [0.5, 0.6) is 0 Å². The van der Waals surface area contributed by atoms with Crippen molar-refractivity contribution in [3.63, 3.8) is 0 Å². The molecule has 1 heterocycles. The first-order valence-electron chi connectivity index (χ1n) is 5.80. The van der Waals surface area contributed by atoms with Crippen LogP contribution in [0.4, 0.5) is 4.79 Å². The molecule has 0 aromatic rings. The second-order valence-corrected chi connectivity index (χ2v) is 6.44. The van der Waals surface area contributed by atoms with Crippen LogP contribution in [-0.2, 0) is 9.53 Å². The molecule has 0 aromatic carbocycles. The Hall–Kier alpha value is -1.26. The highest BCUT2D eigenvalue weighted by Crippen LogP contribution is 2.26. The van der Waals surface area contributed by atoms with Crippen molar-refractivity contribution in [2.75, 3.05) is 6.54 Å². The Morgan fingerprint density at radius 2 is 1.82 bits per heavy atom. The van der Waals surface area contributed by atoms with E-state index in [1.807, 2.05) is 41.5 Å². The Kier molecular flexibility index (Phi) is 3.41. The van der Waals surface area contributed by atoms with E-state index in [0.717, 1.165) is 0 Å². The van der Waals surface area contributed by atoms with Crippen molar-refractivity contribution in [3.05, 3.63) is 0 Å². The summed E-state index contributed by atoms with van der Waals surface area (Å²) < 4.78 is 5.29. The molecule has 0 spiro atoms. The number of ether oxygens (including phenoxy) is 1. The minimum absolute atomic E-state index is 0.0663. The Bertz CT molecular complexity index is 326. The average Bonchev–Trinajstić information content (AvgIpc) is 2.43. The Labute approximate surface area is 102 Å². The summed E-state index contributed by atoms with van der Waals surface area (Å²) in [6, 6.07) is 0. The van der Waals surface area contributed by atoms with Crippen molar-refractivity contribution in [2.45, 2.75) is 53.3 Å². The minimum Gasteiger partial charge on any atom is -0.444 e. The molecule has 5 heteroatoms. The van der Waals surface area contributed by atoms with E-state index in [9.17, 15) is 9.59 Å². The van der Waals surface area contributed by atoms with Gasteiger partial charge in [-0.25, -0.2) is 4.79 Å². The molecule has 2 amide bonds. The molecular formula is C12H22N2O3. The van der Waals surface area contributed by atoms with Gasteiger partial charge in [-0.15, -0.1) is 0 Å². The van der Waals surface area contributed by atoms with E-state index in [4.69, 9.17) is 4.74 Å². The topological polar surface area (TPSA) is 58.6 Å². The fourth-order valence-electron chi connectivity index (χ4n) is 1.70. The van der Waals surface area contributed by atoms with E-state index in [0.29, 0.717) is 0 Å². The number of hydrogen-bond donors (Lipinski definition) is 1. The van der Waals surface area contributed by atoms with Crippen LogP contribution in [0.2, 0.25) is 0 Å². The molecule has 1 N–H and O–H groups in total. The molecule has 0 unspecified atom stereocenters. The molecule has 1 fully saturated rings. The van der Waals surface area contributed by atoms with Gasteiger partial charge in [-0.2, -0.15) is 0 Å². The molecule has 5 nitrogen and oxygen atoms in total. The van der Waals surface area contributed by atoms with Crippen LogP contribution in [0, 0.1) is 5.41 Å². The maximum absolute atomic E-state index is 12.0. The van der Waals surface area contributed by atoms with Crippen molar-refractivity contribution in [1.29, 1.82) is 0 Å². The quantitative estimate of drug-likeness (QED) is 0.703. The van der Waals surface area contributed by atoms with E-state index in [1.165, 1.54) is 4.90 Å². The lowest BCUT2D eigenvalue weighted by atomic mass is 9.92. The number of amides is 2. The molecule has 0 aliphatic carbocycles. The number of carbonyl (C=O) groups excluding carboxylic acids is 2. The maximum atomic E-state index is 12.0. The van der Waals surface area contributed by atoms with E-state index < -0.39 is 11.7 Å². The van der Waals surface area contributed by atoms with Gasteiger partial charge in [-0.05, 0) is 20.8 Å². The van der Waals surface area contributed by atoms with Gasteiger partial charge in [-0.1, -0.05) is 20.8 Å². The van der Waals surface area contributed by atoms with Crippen LogP contribution in [0.15, 0.2) is 0 Å². The van der Waals surface area contributed by atoms with E-state index in [-0.39, 0.29) is 24.0 Å². The number of rotatable bonds is 0. The summed E-state index contributed by atoms with van der Waals surface area (Å²) in [4.78, 5) is 24.8. The Balaban J connectivity index is 2.81. The third-order valence-electron chi connectivity index (χ3n) is 2.37. The van der Waals surface area contributed by atoms with Crippen LogP contribution < -0.4 is 5.32 Å². The molecule has 1 rings (SSSR count). The van der Waals surface area contributed by atoms with Gasteiger partial charge in [0.05, 0.1) is 0 Å². The fourth-order valence-corrected chi connectivity index (χ4v) is 1.70. The highest BCUT2D eigenvalue weighted by Gasteiger charge is 2.42. The summed E-state index contributed by atoms with van der Waals surface area (Å²) in [5, 5.41) is 2.80. The number of nitrogens with one attached hydrogen (secondary N) is 1. The normalized spacial score (nSPS) is 21.4. The van der Waals surface area contributed by atoms with Gasteiger partial charge in [0.15, 0.2) is 0 Å². The average molecular weight is 242 g/mol. The summed E-state index contributed by atoms with van der Waals surface area (Å²) in [7, 11) is 0. The predicted octanol–water partition coefficient (Wildman–Crippen LogP) is 1.73. The minimum atomic E-state index is -0.550. The van der Waals surface area contributed by atoms with E-state index >= 15 is 0 Å². The lowest BCUT2D eigenvalue weighted by Gasteiger charge is -2.34. The molecule has 0 saturated carbocycles. The smallest absolute Gasteiger partial charge is 0.412 e. The van der Waals surface area contributed by atoms with Crippen LogP contribution in [-0.4, -0.2) is 35.2 Å². The van der Waals surface area contributed by atoms with Gasteiger partial charge in [0.2, 0.25) is 5.91 Å². The molecular weight excluding hydrogens is 220 g/mol. The highest BCUT2D eigenvalue weighted by atomic mass is 16.6. The fraction of sp³-hybridized carbons (Fsp3) is 0.833. The maximum Gasteiger partial charge on any atom is 0.412 e. The highest BCUT2D eigenvalue weighted by molar-refractivity contribution is 5.86. The monoisotopic (exact) mass is 242 g/mol. The second-order valence-electron chi connectivity index (χ2n) is 6.44. The molecule has 1 atom stereocenters. The van der Waals surface area contributed by atoms with Gasteiger partial charge < -0.3 is 10.1 Å². The number of carbonyl (C=O) groups is 2.